The number of likely N-dealkylation sites (tertiary alicyclic amines) is 1. The Morgan fingerprint density at radius 3 is 2.56 bits per heavy atom. The Kier molecular flexibility index (Phi) is 6.02. The van der Waals surface area contributed by atoms with Crippen molar-refractivity contribution in [2.24, 2.45) is 0 Å². The van der Waals surface area contributed by atoms with Crippen LogP contribution >= 0.6 is 0 Å². The molecule has 1 unspecified atom stereocenters. The largest absolute Gasteiger partial charge is 0.486 e. The summed E-state index contributed by atoms with van der Waals surface area (Å²) >= 11 is 0. The van der Waals surface area contributed by atoms with Crippen molar-refractivity contribution in [3.63, 3.8) is 0 Å². The van der Waals surface area contributed by atoms with E-state index in [1.807, 2.05) is 35.2 Å². The molecule has 1 amide bonds. The van der Waals surface area contributed by atoms with E-state index in [-0.39, 0.29) is 29.8 Å². The van der Waals surface area contributed by atoms with Gasteiger partial charge in [0.15, 0.2) is 11.5 Å². The number of fused-ring (bicyclic) bond motifs is 1. The summed E-state index contributed by atoms with van der Waals surface area (Å²) in [6.45, 7) is 3.31. The molecule has 6 nitrogen and oxygen atoms in total. The van der Waals surface area contributed by atoms with Gasteiger partial charge < -0.3 is 19.1 Å². The van der Waals surface area contributed by atoms with Crippen LogP contribution in [0.5, 0.6) is 11.5 Å². The second kappa shape index (κ2) is 9.08. The number of nitrogens with one attached hydrogen (secondary N) is 1. The number of nitrogens with zero attached hydrogens (tertiary/aromatic N) is 1. The van der Waals surface area contributed by atoms with Gasteiger partial charge in [-0.15, -0.1) is 0 Å². The molecule has 0 bridgehead atoms. The van der Waals surface area contributed by atoms with Gasteiger partial charge in [-0.3, -0.25) is 10.1 Å². The number of ether oxygens (including phenoxy) is 3. The molecule has 0 spiro atoms. The molecule has 3 aliphatic rings. The molecule has 170 valence electrons. The standard InChI is InChI=1S/C25H29FN2O4/c26-20-6-4-19(5-7-20)25(9-12-30-13-10-25)27-17-24(29)28-11-1-2-21(28)18-3-8-22-23(16-18)32-15-14-31-22/h3-8,16,21,27H,1-2,9-15,17H2. The van der Waals surface area contributed by atoms with Crippen molar-refractivity contribution in [3.05, 3.63) is 59.4 Å². The quantitative estimate of drug-likeness (QED) is 0.771. The molecule has 7 heteroatoms. The van der Waals surface area contributed by atoms with E-state index in [0.717, 1.165) is 54.9 Å². The zero-order chi connectivity index (χ0) is 22.0. The molecule has 5 rings (SSSR count). The Hall–Kier alpha value is -2.64. The van der Waals surface area contributed by atoms with Crippen LogP contribution in [0.3, 0.4) is 0 Å². The predicted molar refractivity (Wildman–Crippen MR) is 117 cm³/mol. The molecule has 2 fully saturated rings. The van der Waals surface area contributed by atoms with Gasteiger partial charge in [0.2, 0.25) is 5.91 Å². The maximum atomic E-state index is 13.5. The molecule has 2 aromatic carbocycles. The predicted octanol–water partition coefficient (Wildman–Crippen LogP) is 3.56. The molecular weight excluding hydrogens is 411 g/mol. The van der Waals surface area contributed by atoms with Gasteiger partial charge in [0.05, 0.1) is 12.6 Å². The highest BCUT2D eigenvalue weighted by Gasteiger charge is 2.36. The highest BCUT2D eigenvalue weighted by Crippen LogP contribution is 2.38. The first kappa shape index (κ1) is 21.2. The normalized spacial score (nSPS) is 22.0. The van der Waals surface area contributed by atoms with Crippen LogP contribution in [-0.2, 0) is 15.1 Å². The van der Waals surface area contributed by atoms with Gasteiger partial charge in [-0.05, 0) is 61.1 Å². The van der Waals surface area contributed by atoms with Gasteiger partial charge in [-0.2, -0.15) is 0 Å². The van der Waals surface area contributed by atoms with Gasteiger partial charge in [0, 0.05) is 25.3 Å². The summed E-state index contributed by atoms with van der Waals surface area (Å²) in [6, 6.07) is 12.6. The Morgan fingerprint density at radius 1 is 1.03 bits per heavy atom. The van der Waals surface area contributed by atoms with Crippen LogP contribution in [0.15, 0.2) is 42.5 Å². The fourth-order valence-electron chi connectivity index (χ4n) is 5.08. The number of benzene rings is 2. The lowest BCUT2D eigenvalue weighted by atomic mass is 9.82. The van der Waals surface area contributed by atoms with Crippen LogP contribution in [0.1, 0.15) is 42.9 Å². The zero-order valence-corrected chi connectivity index (χ0v) is 18.1. The van der Waals surface area contributed by atoms with Crippen molar-refractivity contribution in [2.75, 3.05) is 39.5 Å². The maximum Gasteiger partial charge on any atom is 0.237 e. The molecule has 0 aromatic heterocycles. The zero-order valence-electron chi connectivity index (χ0n) is 18.1. The van der Waals surface area contributed by atoms with Crippen LogP contribution in [-0.4, -0.2) is 50.3 Å². The molecule has 1 N–H and O–H groups in total. The Bertz CT molecular complexity index is 959. The molecule has 0 aliphatic carbocycles. The summed E-state index contributed by atoms with van der Waals surface area (Å²) in [7, 11) is 0. The molecule has 0 radical (unpaired) electrons. The number of halogens is 1. The number of carbonyl (C=O) groups excluding carboxylic acids is 1. The number of amides is 1. The maximum absolute atomic E-state index is 13.5. The van der Waals surface area contributed by atoms with E-state index in [1.165, 1.54) is 12.1 Å². The van der Waals surface area contributed by atoms with Crippen molar-refractivity contribution in [2.45, 2.75) is 37.3 Å². The van der Waals surface area contributed by atoms with Crippen LogP contribution < -0.4 is 14.8 Å². The highest BCUT2D eigenvalue weighted by atomic mass is 19.1. The average Bonchev–Trinajstić information content (AvgIpc) is 3.33. The molecule has 3 aliphatic heterocycles. The minimum atomic E-state index is -0.381. The van der Waals surface area contributed by atoms with Crippen molar-refractivity contribution in [3.8, 4) is 11.5 Å². The van der Waals surface area contributed by atoms with E-state index >= 15 is 0 Å². The van der Waals surface area contributed by atoms with Gasteiger partial charge >= 0.3 is 0 Å². The van der Waals surface area contributed by atoms with Crippen molar-refractivity contribution < 1.29 is 23.4 Å². The molecule has 3 heterocycles. The molecular formula is C25H29FN2O4. The summed E-state index contributed by atoms with van der Waals surface area (Å²) in [5.41, 5.74) is 1.70. The molecule has 0 saturated carbocycles. The van der Waals surface area contributed by atoms with Crippen LogP contribution in [0.4, 0.5) is 4.39 Å². The van der Waals surface area contributed by atoms with Gasteiger partial charge in [0.1, 0.15) is 19.0 Å². The third-order valence-corrected chi connectivity index (χ3v) is 6.85. The van der Waals surface area contributed by atoms with Gasteiger partial charge in [-0.1, -0.05) is 18.2 Å². The first-order chi connectivity index (χ1) is 15.6. The van der Waals surface area contributed by atoms with Crippen molar-refractivity contribution >= 4 is 5.91 Å². The second-order valence-corrected chi connectivity index (χ2v) is 8.70. The van der Waals surface area contributed by atoms with Crippen molar-refractivity contribution in [1.82, 2.24) is 10.2 Å². The Balaban J connectivity index is 1.30. The minimum Gasteiger partial charge on any atom is -0.486 e. The van der Waals surface area contributed by atoms with E-state index in [9.17, 15) is 9.18 Å². The van der Waals surface area contributed by atoms with Crippen LogP contribution in [0.2, 0.25) is 0 Å². The lowest BCUT2D eigenvalue weighted by Gasteiger charge is -2.39. The summed E-state index contributed by atoms with van der Waals surface area (Å²) in [5, 5.41) is 3.53. The second-order valence-electron chi connectivity index (χ2n) is 8.70. The first-order valence-corrected chi connectivity index (χ1v) is 11.4. The van der Waals surface area contributed by atoms with Crippen LogP contribution in [0, 0.1) is 5.82 Å². The molecule has 2 aromatic rings. The van der Waals surface area contributed by atoms with Gasteiger partial charge in [0.25, 0.3) is 0 Å². The lowest BCUT2D eigenvalue weighted by Crippen LogP contribution is -2.50. The first-order valence-electron chi connectivity index (χ1n) is 11.4. The fourth-order valence-corrected chi connectivity index (χ4v) is 5.08. The summed E-state index contributed by atoms with van der Waals surface area (Å²) in [4.78, 5) is 15.3. The topological polar surface area (TPSA) is 60.0 Å². The van der Waals surface area contributed by atoms with Crippen LogP contribution in [0.25, 0.3) is 0 Å². The third kappa shape index (κ3) is 4.19. The molecule has 32 heavy (non-hydrogen) atoms. The smallest absolute Gasteiger partial charge is 0.237 e. The number of hydrogen-bond acceptors (Lipinski definition) is 5. The Morgan fingerprint density at radius 2 is 1.78 bits per heavy atom. The van der Waals surface area contributed by atoms with Gasteiger partial charge in [-0.25, -0.2) is 4.39 Å². The lowest BCUT2D eigenvalue weighted by molar-refractivity contribution is -0.131. The average molecular weight is 441 g/mol. The number of carbonyl (C=O) groups is 1. The summed E-state index contributed by atoms with van der Waals surface area (Å²) in [6.07, 6.45) is 3.40. The van der Waals surface area contributed by atoms with E-state index in [0.29, 0.717) is 26.4 Å². The Labute approximate surface area is 187 Å². The molecule has 1 atom stereocenters. The number of hydrogen-bond donors (Lipinski definition) is 1. The highest BCUT2D eigenvalue weighted by molar-refractivity contribution is 5.79. The van der Waals surface area contributed by atoms with Crippen molar-refractivity contribution in [1.29, 1.82) is 0 Å². The molecule has 2 saturated heterocycles. The van der Waals surface area contributed by atoms with E-state index in [2.05, 4.69) is 5.32 Å². The SMILES string of the molecule is O=C(CNC1(c2ccc(F)cc2)CCOCC1)N1CCCC1c1ccc2c(c1)OCCO2. The minimum absolute atomic E-state index is 0.0385. The fraction of sp³-hybridized carbons (Fsp3) is 0.480. The van der Waals surface area contributed by atoms with E-state index < -0.39 is 0 Å². The summed E-state index contributed by atoms with van der Waals surface area (Å²) in [5.74, 6) is 1.34. The summed E-state index contributed by atoms with van der Waals surface area (Å²) < 4.78 is 30.4. The van der Waals surface area contributed by atoms with E-state index in [4.69, 9.17) is 14.2 Å². The van der Waals surface area contributed by atoms with E-state index in [1.54, 1.807) is 0 Å². The number of rotatable bonds is 5. The third-order valence-electron chi connectivity index (χ3n) is 6.85. The monoisotopic (exact) mass is 440 g/mol.